The van der Waals surface area contributed by atoms with E-state index in [1.54, 1.807) is 0 Å². The van der Waals surface area contributed by atoms with Gasteiger partial charge in [0.2, 0.25) is 5.91 Å². The molecule has 0 radical (unpaired) electrons. The number of aryl methyl sites for hydroxylation is 2. The van der Waals surface area contributed by atoms with Crippen molar-refractivity contribution in [2.45, 2.75) is 20.8 Å². The Morgan fingerprint density at radius 1 is 1.13 bits per heavy atom. The molecule has 0 aromatic heterocycles. The molecule has 0 spiro atoms. The molecule has 2 aromatic carbocycles. The Kier molecular flexibility index (Phi) is 5.32. The molecule has 3 nitrogen and oxygen atoms in total. The third-order valence-corrected chi connectivity index (χ3v) is 3.61. The number of halogens is 2. The van der Waals surface area contributed by atoms with Gasteiger partial charge in [-0.1, -0.05) is 17.7 Å². The van der Waals surface area contributed by atoms with Crippen LogP contribution in [-0.4, -0.2) is 19.0 Å². The molecule has 1 amide bonds. The molecule has 122 valence electrons. The van der Waals surface area contributed by atoms with Crippen molar-refractivity contribution in [2.75, 3.05) is 23.3 Å². The van der Waals surface area contributed by atoms with Gasteiger partial charge < -0.3 is 10.2 Å². The molecule has 1 N–H and O–H groups in total. The fourth-order valence-corrected chi connectivity index (χ4v) is 2.48. The summed E-state index contributed by atoms with van der Waals surface area (Å²) in [6, 6.07) is 9.09. The summed E-state index contributed by atoms with van der Waals surface area (Å²) in [7, 11) is 0. The lowest BCUT2D eigenvalue weighted by atomic mass is 10.1. The van der Waals surface area contributed by atoms with Crippen LogP contribution in [0, 0.1) is 25.5 Å². The SMILES string of the molecule is CCN(CC(=O)Nc1ccc(F)cc1F)c1ccc(C)cc1C. The molecular formula is C18H20F2N2O. The normalized spacial score (nSPS) is 10.5. The zero-order chi connectivity index (χ0) is 17.0. The summed E-state index contributed by atoms with van der Waals surface area (Å²) in [5, 5.41) is 2.48. The van der Waals surface area contributed by atoms with E-state index in [0.717, 1.165) is 28.9 Å². The monoisotopic (exact) mass is 318 g/mol. The number of likely N-dealkylation sites (N-methyl/N-ethyl adjacent to an activating group) is 1. The number of carbonyl (C=O) groups is 1. The molecule has 23 heavy (non-hydrogen) atoms. The number of carbonyl (C=O) groups excluding carboxylic acids is 1. The van der Waals surface area contributed by atoms with Gasteiger partial charge >= 0.3 is 0 Å². The molecule has 2 aromatic rings. The average Bonchev–Trinajstić information content (AvgIpc) is 2.48. The van der Waals surface area contributed by atoms with E-state index in [9.17, 15) is 13.6 Å². The van der Waals surface area contributed by atoms with Gasteiger partial charge in [0.05, 0.1) is 12.2 Å². The molecule has 0 saturated heterocycles. The molecule has 0 bridgehead atoms. The summed E-state index contributed by atoms with van der Waals surface area (Å²) in [4.78, 5) is 14.1. The zero-order valence-corrected chi connectivity index (χ0v) is 13.5. The molecule has 0 fully saturated rings. The molecular weight excluding hydrogens is 298 g/mol. The molecule has 0 unspecified atom stereocenters. The summed E-state index contributed by atoms with van der Waals surface area (Å²) in [6.45, 7) is 6.69. The number of nitrogens with zero attached hydrogens (tertiary/aromatic N) is 1. The lowest BCUT2D eigenvalue weighted by molar-refractivity contribution is -0.115. The largest absolute Gasteiger partial charge is 0.362 e. The average molecular weight is 318 g/mol. The van der Waals surface area contributed by atoms with Crippen molar-refractivity contribution in [3.63, 3.8) is 0 Å². The van der Waals surface area contributed by atoms with Crippen LogP contribution in [-0.2, 0) is 4.79 Å². The molecule has 0 aliphatic carbocycles. The van der Waals surface area contributed by atoms with Crippen molar-refractivity contribution in [2.24, 2.45) is 0 Å². The highest BCUT2D eigenvalue weighted by Gasteiger charge is 2.14. The van der Waals surface area contributed by atoms with Gasteiger partial charge in [-0.3, -0.25) is 4.79 Å². The third kappa shape index (κ3) is 4.28. The number of amides is 1. The van der Waals surface area contributed by atoms with Gasteiger partial charge in [0, 0.05) is 18.3 Å². The molecule has 0 aliphatic heterocycles. The summed E-state index contributed by atoms with van der Waals surface area (Å²) >= 11 is 0. The Labute approximate surface area is 134 Å². The van der Waals surface area contributed by atoms with Gasteiger partial charge in [-0.05, 0) is 44.5 Å². The highest BCUT2D eigenvalue weighted by Crippen LogP contribution is 2.21. The lowest BCUT2D eigenvalue weighted by Crippen LogP contribution is -2.33. The number of hydrogen-bond donors (Lipinski definition) is 1. The van der Waals surface area contributed by atoms with E-state index in [1.165, 1.54) is 6.07 Å². The van der Waals surface area contributed by atoms with Gasteiger partial charge in [0.15, 0.2) is 0 Å². The first-order valence-electron chi connectivity index (χ1n) is 7.47. The topological polar surface area (TPSA) is 32.3 Å². The highest BCUT2D eigenvalue weighted by atomic mass is 19.1. The zero-order valence-electron chi connectivity index (χ0n) is 13.5. The molecule has 0 aliphatic rings. The van der Waals surface area contributed by atoms with Crippen LogP contribution >= 0.6 is 0 Å². The van der Waals surface area contributed by atoms with E-state index >= 15 is 0 Å². The van der Waals surface area contributed by atoms with E-state index in [-0.39, 0.29) is 18.1 Å². The maximum absolute atomic E-state index is 13.6. The van der Waals surface area contributed by atoms with Crippen LogP contribution in [0.1, 0.15) is 18.1 Å². The van der Waals surface area contributed by atoms with Crippen molar-refractivity contribution < 1.29 is 13.6 Å². The summed E-state index contributed by atoms with van der Waals surface area (Å²) < 4.78 is 26.5. The lowest BCUT2D eigenvalue weighted by Gasteiger charge is -2.24. The van der Waals surface area contributed by atoms with Crippen LogP contribution in [0.4, 0.5) is 20.2 Å². The van der Waals surface area contributed by atoms with Crippen molar-refractivity contribution in [3.8, 4) is 0 Å². The van der Waals surface area contributed by atoms with Crippen LogP contribution in [0.3, 0.4) is 0 Å². The predicted molar refractivity (Wildman–Crippen MR) is 88.8 cm³/mol. The van der Waals surface area contributed by atoms with Crippen molar-refractivity contribution >= 4 is 17.3 Å². The highest BCUT2D eigenvalue weighted by molar-refractivity contribution is 5.94. The minimum absolute atomic E-state index is 0.0203. The second-order valence-corrected chi connectivity index (χ2v) is 5.48. The number of hydrogen-bond acceptors (Lipinski definition) is 2. The molecule has 5 heteroatoms. The first kappa shape index (κ1) is 16.9. The minimum atomic E-state index is -0.784. The summed E-state index contributed by atoms with van der Waals surface area (Å²) in [6.07, 6.45) is 0. The van der Waals surface area contributed by atoms with E-state index in [4.69, 9.17) is 0 Å². The van der Waals surface area contributed by atoms with Crippen molar-refractivity contribution in [3.05, 3.63) is 59.2 Å². The smallest absolute Gasteiger partial charge is 0.243 e. The van der Waals surface area contributed by atoms with Crippen LogP contribution in [0.15, 0.2) is 36.4 Å². The fourth-order valence-electron chi connectivity index (χ4n) is 2.48. The molecule has 0 heterocycles. The maximum Gasteiger partial charge on any atom is 0.243 e. The first-order chi connectivity index (χ1) is 10.9. The van der Waals surface area contributed by atoms with E-state index in [2.05, 4.69) is 11.4 Å². The Morgan fingerprint density at radius 2 is 1.87 bits per heavy atom. The van der Waals surface area contributed by atoms with Gasteiger partial charge in [0.25, 0.3) is 0 Å². The summed E-state index contributed by atoms with van der Waals surface area (Å²) in [5.41, 5.74) is 3.17. The van der Waals surface area contributed by atoms with Gasteiger partial charge in [0.1, 0.15) is 11.6 Å². The number of rotatable bonds is 5. The van der Waals surface area contributed by atoms with E-state index in [0.29, 0.717) is 6.54 Å². The van der Waals surface area contributed by atoms with Crippen molar-refractivity contribution in [1.29, 1.82) is 0 Å². The van der Waals surface area contributed by atoms with Crippen LogP contribution in [0.5, 0.6) is 0 Å². The van der Waals surface area contributed by atoms with Crippen molar-refractivity contribution in [1.82, 2.24) is 0 Å². The standard InChI is InChI=1S/C18H20F2N2O/c1-4-22(17-8-5-12(2)9-13(17)3)11-18(23)21-16-7-6-14(19)10-15(16)20/h5-10H,4,11H2,1-3H3,(H,21,23). The van der Waals surface area contributed by atoms with E-state index < -0.39 is 11.6 Å². The Morgan fingerprint density at radius 3 is 2.48 bits per heavy atom. The fraction of sp³-hybridized carbons (Fsp3) is 0.278. The van der Waals surface area contributed by atoms with Gasteiger partial charge in [-0.15, -0.1) is 0 Å². The Bertz CT molecular complexity index is 716. The predicted octanol–water partition coefficient (Wildman–Crippen LogP) is 4.05. The Balaban J connectivity index is 2.10. The molecule has 2 rings (SSSR count). The minimum Gasteiger partial charge on any atom is -0.362 e. The Hall–Kier alpha value is -2.43. The van der Waals surface area contributed by atoms with Crippen LogP contribution in [0.25, 0.3) is 0 Å². The number of anilines is 2. The van der Waals surface area contributed by atoms with Gasteiger partial charge in [-0.25, -0.2) is 8.78 Å². The van der Waals surface area contributed by atoms with Gasteiger partial charge in [-0.2, -0.15) is 0 Å². The third-order valence-electron chi connectivity index (χ3n) is 3.61. The second-order valence-electron chi connectivity index (χ2n) is 5.48. The quantitative estimate of drug-likeness (QED) is 0.902. The maximum atomic E-state index is 13.6. The first-order valence-corrected chi connectivity index (χ1v) is 7.47. The number of nitrogens with one attached hydrogen (secondary N) is 1. The van der Waals surface area contributed by atoms with Crippen LogP contribution < -0.4 is 10.2 Å². The molecule has 0 saturated carbocycles. The molecule has 0 atom stereocenters. The number of benzene rings is 2. The van der Waals surface area contributed by atoms with Crippen LogP contribution in [0.2, 0.25) is 0 Å². The summed E-state index contributed by atoms with van der Waals surface area (Å²) in [5.74, 6) is -1.81. The second kappa shape index (κ2) is 7.22. The van der Waals surface area contributed by atoms with E-state index in [1.807, 2.05) is 37.8 Å².